The average molecular weight is 539 g/mol. The minimum Gasteiger partial charge on any atom is -0.383 e. The maximum Gasteiger partial charge on any atom is 0.314 e. The first-order valence-corrected chi connectivity index (χ1v) is 12.3. The Morgan fingerprint density at radius 1 is 1.16 bits per heavy atom. The van der Waals surface area contributed by atoms with Gasteiger partial charge in [0.15, 0.2) is 6.23 Å². The van der Waals surface area contributed by atoms with E-state index in [4.69, 9.17) is 22.1 Å². The van der Waals surface area contributed by atoms with Crippen LogP contribution in [0.2, 0.25) is 5.02 Å². The number of carbonyl (C=O) groups is 2. The third-order valence-corrected chi connectivity index (χ3v) is 6.48. The summed E-state index contributed by atoms with van der Waals surface area (Å²) < 4.78 is 20.9. The number of fused-ring (bicyclic) bond motifs is 1. The molecule has 0 aliphatic carbocycles. The Hall–Kier alpha value is -4.16. The van der Waals surface area contributed by atoms with Crippen LogP contribution < -0.4 is 11.1 Å². The number of hydrogen-bond acceptors (Lipinski definition) is 8. The van der Waals surface area contributed by atoms with Crippen molar-refractivity contribution in [3.05, 3.63) is 71.3 Å². The van der Waals surface area contributed by atoms with E-state index in [-0.39, 0.29) is 30.8 Å². The summed E-state index contributed by atoms with van der Waals surface area (Å²) in [4.78, 5) is 40.3. The van der Waals surface area contributed by atoms with Crippen molar-refractivity contribution in [3.8, 4) is 0 Å². The van der Waals surface area contributed by atoms with Crippen LogP contribution in [0.25, 0.3) is 10.9 Å². The predicted octanol–water partition coefficient (Wildman–Crippen LogP) is 3.46. The number of halogens is 2. The number of nitrogen functional groups attached to an aromatic ring is 1. The lowest BCUT2D eigenvalue weighted by Gasteiger charge is -2.24. The second-order valence-corrected chi connectivity index (χ2v) is 9.15. The van der Waals surface area contributed by atoms with Crippen molar-refractivity contribution >= 4 is 45.8 Å². The summed E-state index contributed by atoms with van der Waals surface area (Å²) in [6.45, 7) is 0.437. The second-order valence-electron chi connectivity index (χ2n) is 8.74. The molecule has 13 heteroatoms. The number of anilines is 2. The minimum atomic E-state index is -0.927. The fraction of sp³-hybridized carbons (Fsp3) is 0.280. The van der Waals surface area contributed by atoms with Crippen LogP contribution in [0.1, 0.15) is 36.9 Å². The molecule has 0 aromatic carbocycles. The van der Waals surface area contributed by atoms with Crippen LogP contribution in [0.5, 0.6) is 0 Å². The largest absolute Gasteiger partial charge is 0.383 e. The van der Waals surface area contributed by atoms with Gasteiger partial charge in [-0.15, -0.1) is 0 Å². The van der Waals surface area contributed by atoms with Crippen LogP contribution >= 0.6 is 11.6 Å². The SMILES string of the molecule is Nc1ncc(NC(=O)C(=O)N(Cc2ccc(F)cn2)Cc2ncccc2Cl)c2c1cnn2C1CCCCO1. The van der Waals surface area contributed by atoms with Gasteiger partial charge >= 0.3 is 11.8 Å². The lowest BCUT2D eigenvalue weighted by atomic mass is 10.2. The molecule has 1 atom stereocenters. The first-order chi connectivity index (χ1) is 18.4. The maximum atomic E-state index is 13.4. The van der Waals surface area contributed by atoms with Crippen LogP contribution in [-0.2, 0) is 27.4 Å². The number of nitrogens with two attached hydrogens (primary N) is 1. The molecular weight excluding hydrogens is 515 g/mol. The highest BCUT2D eigenvalue weighted by molar-refractivity contribution is 6.40. The molecule has 5 heterocycles. The summed E-state index contributed by atoms with van der Waals surface area (Å²) in [5.41, 5.74) is 7.59. The molecule has 1 fully saturated rings. The number of aromatic nitrogens is 5. The molecule has 11 nitrogen and oxygen atoms in total. The van der Waals surface area contributed by atoms with Crippen molar-refractivity contribution in [1.29, 1.82) is 0 Å². The molecule has 0 spiro atoms. The molecule has 4 aromatic heterocycles. The normalized spacial score (nSPS) is 15.4. The summed E-state index contributed by atoms with van der Waals surface area (Å²) in [6, 6.07) is 5.95. The quantitative estimate of drug-likeness (QED) is 0.355. The molecule has 4 aromatic rings. The minimum absolute atomic E-state index is 0.0752. The third-order valence-electron chi connectivity index (χ3n) is 6.13. The van der Waals surface area contributed by atoms with Gasteiger partial charge in [0.25, 0.3) is 0 Å². The van der Waals surface area contributed by atoms with Gasteiger partial charge in [0.1, 0.15) is 17.2 Å². The predicted molar refractivity (Wildman–Crippen MR) is 137 cm³/mol. The highest BCUT2D eigenvalue weighted by Crippen LogP contribution is 2.32. The molecule has 1 unspecified atom stereocenters. The van der Waals surface area contributed by atoms with E-state index in [1.54, 1.807) is 23.0 Å². The Kier molecular flexibility index (Phi) is 7.43. The third kappa shape index (κ3) is 5.41. The van der Waals surface area contributed by atoms with Crippen LogP contribution in [0.4, 0.5) is 15.9 Å². The van der Waals surface area contributed by atoms with Gasteiger partial charge in [-0.1, -0.05) is 11.6 Å². The molecule has 0 saturated carbocycles. The molecule has 3 N–H and O–H groups in total. The lowest BCUT2D eigenvalue weighted by Crippen LogP contribution is -2.39. The highest BCUT2D eigenvalue weighted by Gasteiger charge is 2.27. The van der Waals surface area contributed by atoms with Crippen molar-refractivity contribution in [3.63, 3.8) is 0 Å². The van der Waals surface area contributed by atoms with Gasteiger partial charge in [-0.25, -0.2) is 14.1 Å². The summed E-state index contributed by atoms with van der Waals surface area (Å²) in [6.07, 6.45) is 7.85. The monoisotopic (exact) mass is 538 g/mol. The number of amides is 2. The van der Waals surface area contributed by atoms with Crippen molar-refractivity contribution < 1.29 is 18.7 Å². The van der Waals surface area contributed by atoms with Crippen molar-refractivity contribution in [2.45, 2.75) is 38.6 Å². The Morgan fingerprint density at radius 2 is 2.03 bits per heavy atom. The zero-order valence-corrected chi connectivity index (χ0v) is 20.9. The van der Waals surface area contributed by atoms with Gasteiger partial charge < -0.3 is 20.7 Å². The summed E-state index contributed by atoms with van der Waals surface area (Å²) in [5, 5.41) is 7.93. The van der Waals surface area contributed by atoms with Crippen LogP contribution in [-0.4, -0.2) is 48.1 Å². The molecule has 1 aliphatic rings. The molecule has 1 aliphatic heterocycles. The van der Waals surface area contributed by atoms with Crippen LogP contribution in [0.15, 0.2) is 49.1 Å². The fourth-order valence-electron chi connectivity index (χ4n) is 4.24. The molecule has 2 amide bonds. The van der Waals surface area contributed by atoms with E-state index < -0.39 is 17.6 Å². The number of carbonyl (C=O) groups excluding carboxylic acids is 2. The van der Waals surface area contributed by atoms with Crippen LogP contribution in [0.3, 0.4) is 0 Å². The highest BCUT2D eigenvalue weighted by atomic mass is 35.5. The first-order valence-electron chi connectivity index (χ1n) is 11.9. The van der Waals surface area contributed by atoms with Gasteiger partial charge in [-0.05, 0) is 43.5 Å². The zero-order valence-electron chi connectivity index (χ0n) is 20.2. The Balaban J connectivity index is 1.43. The second kappa shape index (κ2) is 11.1. The molecule has 196 valence electrons. The number of pyridine rings is 3. The smallest absolute Gasteiger partial charge is 0.314 e. The van der Waals surface area contributed by atoms with Gasteiger partial charge in [0, 0.05) is 12.8 Å². The Morgan fingerprint density at radius 3 is 2.76 bits per heavy atom. The first kappa shape index (κ1) is 25.5. The topological polar surface area (TPSA) is 141 Å². The van der Waals surface area contributed by atoms with Crippen molar-refractivity contribution in [1.82, 2.24) is 29.6 Å². The number of nitrogens with one attached hydrogen (secondary N) is 1. The fourth-order valence-corrected chi connectivity index (χ4v) is 4.42. The zero-order chi connectivity index (χ0) is 26.6. The van der Waals surface area contributed by atoms with Crippen molar-refractivity contribution in [2.75, 3.05) is 17.7 Å². The number of ether oxygens (including phenoxy) is 1. The summed E-state index contributed by atoms with van der Waals surface area (Å²) >= 11 is 6.26. The Bertz CT molecular complexity index is 1470. The van der Waals surface area contributed by atoms with Gasteiger partial charge in [-0.2, -0.15) is 5.10 Å². The maximum absolute atomic E-state index is 13.4. The molecule has 5 rings (SSSR count). The van der Waals surface area contributed by atoms with Crippen LogP contribution in [0, 0.1) is 5.82 Å². The van der Waals surface area contributed by atoms with Gasteiger partial charge in [-0.3, -0.25) is 19.6 Å². The van der Waals surface area contributed by atoms with Gasteiger partial charge in [0.2, 0.25) is 0 Å². The van der Waals surface area contributed by atoms with E-state index in [2.05, 4.69) is 25.4 Å². The number of nitrogens with zero attached hydrogens (tertiary/aromatic N) is 6. The molecule has 0 bridgehead atoms. The molecule has 1 saturated heterocycles. The average Bonchev–Trinajstić information content (AvgIpc) is 3.39. The van der Waals surface area contributed by atoms with E-state index >= 15 is 0 Å². The number of hydrogen-bond donors (Lipinski definition) is 2. The molecule has 38 heavy (non-hydrogen) atoms. The van der Waals surface area contributed by atoms with Gasteiger partial charge in [0.05, 0.1) is 59.2 Å². The number of rotatable bonds is 6. The van der Waals surface area contributed by atoms with Crippen molar-refractivity contribution in [2.24, 2.45) is 0 Å². The summed E-state index contributed by atoms with van der Waals surface area (Å²) in [5.74, 6) is -2.08. The standard InChI is InChI=1S/C25H24ClFN8O3/c26-18-4-3-8-29-20(18)14-34(13-16-7-6-15(27)10-30-16)25(37)24(36)33-19-12-31-23(28)17-11-32-35(22(17)19)21-5-1-2-9-38-21/h3-4,6-8,10-12,21H,1-2,5,9,13-14H2,(H2,28,31)(H,33,36). The van der Waals surface area contributed by atoms with E-state index in [9.17, 15) is 14.0 Å². The molecule has 0 radical (unpaired) electrons. The van der Waals surface area contributed by atoms with E-state index in [0.717, 1.165) is 25.5 Å². The Labute approximate surface area is 221 Å². The molecular formula is C25H24ClFN8O3. The van der Waals surface area contributed by atoms with E-state index in [1.807, 2.05) is 0 Å². The van der Waals surface area contributed by atoms with E-state index in [0.29, 0.717) is 33.9 Å². The summed E-state index contributed by atoms with van der Waals surface area (Å²) in [7, 11) is 0. The van der Waals surface area contributed by atoms with E-state index in [1.165, 1.54) is 29.4 Å². The lowest BCUT2D eigenvalue weighted by molar-refractivity contribution is -0.144.